The number of aliphatic hydroxyl groups is 1. The highest BCUT2D eigenvalue weighted by molar-refractivity contribution is 5.88. The summed E-state index contributed by atoms with van der Waals surface area (Å²) >= 11 is 0. The summed E-state index contributed by atoms with van der Waals surface area (Å²) in [5.41, 5.74) is 1.13. The highest BCUT2D eigenvalue weighted by Gasteiger charge is 2.34. The van der Waals surface area contributed by atoms with Crippen LogP contribution in [-0.2, 0) is 0 Å². The first-order valence-corrected chi connectivity index (χ1v) is 8.30. The van der Waals surface area contributed by atoms with Gasteiger partial charge in [-0.25, -0.2) is 19.2 Å². The van der Waals surface area contributed by atoms with Crippen LogP contribution in [0.5, 0.6) is 5.88 Å². The zero-order chi connectivity index (χ0) is 18.8. The van der Waals surface area contributed by atoms with Crippen molar-refractivity contribution in [2.75, 3.05) is 19.1 Å². The summed E-state index contributed by atoms with van der Waals surface area (Å²) in [6, 6.07) is 2.17. The summed E-state index contributed by atoms with van der Waals surface area (Å²) in [4.78, 5) is 21.0. The van der Waals surface area contributed by atoms with Crippen LogP contribution in [0, 0.1) is 5.82 Å². The van der Waals surface area contributed by atoms with Crippen molar-refractivity contribution in [2.45, 2.75) is 37.5 Å². The molecule has 1 amide bonds. The fourth-order valence-electron chi connectivity index (χ4n) is 3.52. The molecule has 1 aromatic carbocycles. The van der Waals surface area contributed by atoms with Gasteiger partial charge in [-0.05, 0) is 31.4 Å². The van der Waals surface area contributed by atoms with E-state index in [1.807, 2.05) is 0 Å². The second-order valence-corrected chi connectivity index (χ2v) is 6.38. The minimum Gasteiger partial charge on any atom is -0.480 e. The molecule has 0 bridgehead atoms. The number of hydrogen-bond acceptors (Lipinski definition) is 6. The topological polar surface area (TPSA) is 108 Å². The number of methoxy groups -OCH3 is 1. The molecule has 1 aliphatic carbocycles. The number of halogens is 1. The number of amides is 1. The third-order valence-corrected chi connectivity index (χ3v) is 4.78. The van der Waals surface area contributed by atoms with Crippen LogP contribution < -0.4 is 15.0 Å². The number of nitrogens with zero attached hydrogens (tertiary/aromatic N) is 3. The molecule has 3 atom stereocenters. The molecule has 0 saturated heterocycles. The number of ether oxygens (including phenoxy) is 1. The molecule has 0 radical (unpaired) electrons. The van der Waals surface area contributed by atoms with Crippen molar-refractivity contribution < 1.29 is 24.1 Å². The van der Waals surface area contributed by atoms with Crippen molar-refractivity contribution in [1.82, 2.24) is 15.3 Å². The summed E-state index contributed by atoms with van der Waals surface area (Å²) in [7, 11) is 3.18. The molecule has 140 valence electrons. The van der Waals surface area contributed by atoms with E-state index in [9.17, 15) is 14.3 Å². The average molecular weight is 364 g/mol. The molecule has 1 heterocycles. The van der Waals surface area contributed by atoms with Crippen LogP contribution in [-0.4, -0.2) is 58.6 Å². The first-order chi connectivity index (χ1) is 12.4. The van der Waals surface area contributed by atoms with Crippen molar-refractivity contribution in [2.24, 2.45) is 0 Å². The lowest BCUT2D eigenvalue weighted by molar-refractivity contribution is 0.0881. The van der Waals surface area contributed by atoms with Gasteiger partial charge in [0.2, 0.25) is 5.88 Å². The molecule has 2 aromatic rings. The number of benzene rings is 1. The molecule has 9 heteroatoms. The summed E-state index contributed by atoms with van der Waals surface area (Å²) in [5, 5.41) is 21.7. The smallest absolute Gasteiger partial charge is 0.404 e. The molecule has 3 N–H and O–H groups in total. The number of rotatable bonds is 4. The van der Waals surface area contributed by atoms with Gasteiger partial charge in [0, 0.05) is 13.1 Å². The number of anilines is 1. The van der Waals surface area contributed by atoms with Gasteiger partial charge in [-0.3, -0.25) is 0 Å². The number of nitrogens with one attached hydrogen (secondary N) is 1. The summed E-state index contributed by atoms with van der Waals surface area (Å²) < 4.78 is 19.6. The Morgan fingerprint density at radius 1 is 1.42 bits per heavy atom. The van der Waals surface area contributed by atoms with Gasteiger partial charge >= 0.3 is 6.09 Å². The monoisotopic (exact) mass is 364 g/mol. The Kier molecular flexibility index (Phi) is 5.08. The fraction of sp³-hybridized carbons (Fsp3) is 0.471. The van der Waals surface area contributed by atoms with E-state index in [4.69, 9.17) is 9.84 Å². The number of fused-ring (bicyclic) bond motifs is 1. The van der Waals surface area contributed by atoms with Crippen LogP contribution in [0.3, 0.4) is 0 Å². The number of aromatic nitrogens is 2. The number of likely N-dealkylation sites (N-methyl/N-ethyl adjacent to an activating group) is 1. The third kappa shape index (κ3) is 3.48. The molecule has 0 unspecified atom stereocenters. The molecule has 1 aromatic heterocycles. The van der Waals surface area contributed by atoms with Crippen molar-refractivity contribution in [3.8, 4) is 5.88 Å². The molecular formula is C17H21FN4O4. The molecule has 26 heavy (non-hydrogen) atoms. The van der Waals surface area contributed by atoms with Crippen LogP contribution in [0.25, 0.3) is 11.0 Å². The van der Waals surface area contributed by atoms with Crippen molar-refractivity contribution in [3.05, 3.63) is 24.1 Å². The van der Waals surface area contributed by atoms with Gasteiger partial charge in [0.25, 0.3) is 0 Å². The SMILES string of the molecule is COc1cnc2c(N(C)[C@H]3CC[C@H](NC(=O)O)C[C@H]3O)c(F)ccc2n1. The molecule has 1 aliphatic rings. The number of hydrogen-bond donors (Lipinski definition) is 3. The molecule has 1 fully saturated rings. The molecule has 8 nitrogen and oxygen atoms in total. The molecule has 1 saturated carbocycles. The predicted molar refractivity (Wildman–Crippen MR) is 93.0 cm³/mol. The number of carbonyl (C=O) groups is 1. The maximum Gasteiger partial charge on any atom is 0.404 e. The van der Waals surface area contributed by atoms with Gasteiger partial charge < -0.3 is 25.2 Å². The van der Waals surface area contributed by atoms with Gasteiger partial charge in [0.15, 0.2) is 0 Å². The van der Waals surface area contributed by atoms with Gasteiger partial charge in [-0.2, -0.15) is 0 Å². The maximum absolute atomic E-state index is 14.6. The van der Waals surface area contributed by atoms with E-state index >= 15 is 0 Å². The van der Waals surface area contributed by atoms with Crippen molar-refractivity contribution in [1.29, 1.82) is 0 Å². The van der Waals surface area contributed by atoms with E-state index in [0.717, 1.165) is 0 Å². The standard InChI is InChI=1S/C17H21FN4O4/c1-22(12-6-3-9(7-13(12)23)20-17(24)25)16-10(18)4-5-11-15(16)19-8-14(21-11)26-2/h4-5,8-9,12-13,20,23H,3,6-7H2,1-2H3,(H,24,25)/t9-,12-,13+/m0/s1. The first kappa shape index (κ1) is 18.1. The van der Waals surface area contributed by atoms with Crippen LogP contribution in [0.15, 0.2) is 18.3 Å². The van der Waals surface area contributed by atoms with Crippen LogP contribution in [0.2, 0.25) is 0 Å². The summed E-state index contributed by atoms with van der Waals surface area (Å²) in [5.74, 6) is -0.129. The average Bonchev–Trinajstić information content (AvgIpc) is 2.60. The lowest BCUT2D eigenvalue weighted by Gasteiger charge is -2.39. The van der Waals surface area contributed by atoms with Crippen molar-refractivity contribution in [3.63, 3.8) is 0 Å². The Labute approximate surface area is 149 Å². The highest BCUT2D eigenvalue weighted by Crippen LogP contribution is 2.33. The zero-order valence-corrected chi connectivity index (χ0v) is 14.5. The lowest BCUT2D eigenvalue weighted by Crippen LogP contribution is -2.50. The van der Waals surface area contributed by atoms with E-state index in [0.29, 0.717) is 29.8 Å². The second kappa shape index (κ2) is 7.28. The van der Waals surface area contributed by atoms with E-state index in [1.54, 1.807) is 11.9 Å². The van der Waals surface area contributed by atoms with Gasteiger partial charge in [-0.15, -0.1) is 0 Å². The minimum atomic E-state index is -1.11. The lowest BCUT2D eigenvalue weighted by atomic mass is 9.87. The van der Waals surface area contributed by atoms with Gasteiger partial charge in [0.05, 0.1) is 31.0 Å². The minimum absolute atomic E-state index is 0.256. The normalized spacial score (nSPS) is 22.8. The van der Waals surface area contributed by atoms with Crippen LogP contribution in [0.4, 0.5) is 14.9 Å². The Morgan fingerprint density at radius 3 is 2.85 bits per heavy atom. The Balaban J connectivity index is 1.89. The number of aliphatic hydroxyl groups excluding tert-OH is 1. The van der Waals surface area contributed by atoms with E-state index in [-0.39, 0.29) is 24.2 Å². The maximum atomic E-state index is 14.6. The molecule has 3 rings (SSSR count). The van der Waals surface area contributed by atoms with E-state index in [1.165, 1.54) is 25.4 Å². The highest BCUT2D eigenvalue weighted by atomic mass is 19.1. The zero-order valence-electron chi connectivity index (χ0n) is 14.5. The summed E-state index contributed by atoms with van der Waals surface area (Å²) in [6.07, 6.45) is 0.854. The summed E-state index contributed by atoms with van der Waals surface area (Å²) in [6.45, 7) is 0. The Hall–Kier alpha value is -2.68. The molecule has 0 aliphatic heterocycles. The predicted octanol–water partition coefficient (Wildman–Crippen LogP) is 1.76. The quantitative estimate of drug-likeness (QED) is 0.759. The van der Waals surface area contributed by atoms with Gasteiger partial charge in [0.1, 0.15) is 17.0 Å². The van der Waals surface area contributed by atoms with Crippen LogP contribution in [0.1, 0.15) is 19.3 Å². The van der Waals surface area contributed by atoms with Crippen molar-refractivity contribution >= 4 is 22.8 Å². The first-order valence-electron chi connectivity index (χ1n) is 8.30. The Morgan fingerprint density at radius 2 is 2.19 bits per heavy atom. The largest absolute Gasteiger partial charge is 0.480 e. The number of carboxylic acid groups (broad SMARTS) is 1. The second-order valence-electron chi connectivity index (χ2n) is 6.38. The molecule has 0 spiro atoms. The van der Waals surface area contributed by atoms with Crippen LogP contribution >= 0.6 is 0 Å². The van der Waals surface area contributed by atoms with E-state index < -0.39 is 18.0 Å². The van der Waals surface area contributed by atoms with E-state index in [2.05, 4.69) is 15.3 Å². The van der Waals surface area contributed by atoms with Gasteiger partial charge in [-0.1, -0.05) is 0 Å². The fourth-order valence-corrected chi connectivity index (χ4v) is 3.52. The third-order valence-electron chi connectivity index (χ3n) is 4.78. The Bertz CT molecular complexity index is 819. The molecular weight excluding hydrogens is 343 g/mol.